The third-order valence-corrected chi connectivity index (χ3v) is 3.07. The molecule has 1 aromatic carbocycles. The molecule has 0 heterocycles. The maximum absolute atomic E-state index is 8.89. The van der Waals surface area contributed by atoms with E-state index >= 15 is 0 Å². The molecule has 1 saturated carbocycles. The van der Waals surface area contributed by atoms with Gasteiger partial charge in [0.05, 0.1) is 13.2 Å². The van der Waals surface area contributed by atoms with E-state index in [2.05, 4.69) is 0 Å². The molecule has 0 radical (unpaired) electrons. The summed E-state index contributed by atoms with van der Waals surface area (Å²) in [6, 6.07) is 7.68. The van der Waals surface area contributed by atoms with Crippen molar-refractivity contribution in [2.75, 3.05) is 6.61 Å². The van der Waals surface area contributed by atoms with Gasteiger partial charge >= 0.3 is 0 Å². The second-order valence-corrected chi connectivity index (χ2v) is 4.26. The fourth-order valence-corrected chi connectivity index (χ4v) is 2.08. The third kappa shape index (κ3) is 2.96. The Morgan fingerprint density at radius 2 is 1.80 bits per heavy atom. The van der Waals surface area contributed by atoms with E-state index < -0.39 is 0 Å². The molecular formula is C13H18O2. The first-order chi connectivity index (χ1) is 7.38. The first kappa shape index (κ1) is 10.5. The predicted octanol–water partition coefficient (Wildman–Crippen LogP) is 2.75. The third-order valence-electron chi connectivity index (χ3n) is 3.07. The fraction of sp³-hybridized carbons (Fsp3) is 0.538. The highest BCUT2D eigenvalue weighted by Crippen LogP contribution is 2.25. The molecule has 2 rings (SSSR count). The van der Waals surface area contributed by atoms with E-state index in [1.165, 1.54) is 25.7 Å². The molecule has 0 spiro atoms. The van der Waals surface area contributed by atoms with Crippen LogP contribution in [-0.4, -0.2) is 11.7 Å². The first-order valence-electron chi connectivity index (χ1n) is 5.71. The van der Waals surface area contributed by atoms with E-state index in [0.717, 1.165) is 23.8 Å². The van der Waals surface area contributed by atoms with Gasteiger partial charge in [-0.15, -0.1) is 0 Å². The van der Waals surface area contributed by atoms with Crippen molar-refractivity contribution in [2.45, 2.75) is 32.3 Å². The topological polar surface area (TPSA) is 29.5 Å². The van der Waals surface area contributed by atoms with E-state index in [-0.39, 0.29) is 6.61 Å². The summed E-state index contributed by atoms with van der Waals surface area (Å²) in [7, 11) is 0. The minimum Gasteiger partial charge on any atom is -0.493 e. The number of hydrogen-bond acceptors (Lipinski definition) is 2. The summed E-state index contributed by atoms with van der Waals surface area (Å²) in [6.45, 7) is 0.946. The van der Waals surface area contributed by atoms with Crippen molar-refractivity contribution >= 4 is 0 Å². The number of benzene rings is 1. The minimum absolute atomic E-state index is 0.100. The van der Waals surface area contributed by atoms with Crippen LogP contribution in [0.4, 0.5) is 0 Å². The number of hydrogen-bond donors (Lipinski definition) is 1. The van der Waals surface area contributed by atoms with Crippen molar-refractivity contribution in [1.29, 1.82) is 0 Å². The van der Waals surface area contributed by atoms with Crippen LogP contribution in [0.2, 0.25) is 0 Å². The van der Waals surface area contributed by atoms with E-state index in [1.54, 1.807) is 0 Å². The monoisotopic (exact) mass is 206 g/mol. The molecule has 1 N–H and O–H groups in total. The molecule has 2 nitrogen and oxygen atoms in total. The van der Waals surface area contributed by atoms with Crippen molar-refractivity contribution in [3.05, 3.63) is 29.8 Å². The van der Waals surface area contributed by atoms with Crippen LogP contribution in [0.1, 0.15) is 31.2 Å². The molecule has 0 aromatic heterocycles. The molecule has 0 atom stereocenters. The summed E-state index contributed by atoms with van der Waals surface area (Å²) in [5, 5.41) is 8.89. The standard InChI is InChI=1S/C13H18O2/c14-9-11-5-7-13(8-6-11)15-10-12-3-1-2-4-12/h5-8,12,14H,1-4,9-10H2. The first-order valence-corrected chi connectivity index (χ1v) is 5.71. The zero-order valence-corrected chi connectivity index (χ0v) is 8.98. The van der Waals surface area contributed by atoms with Gasteiger partial charge in [-0.25, -0.2) is 0 Å². The van der Waals surface area contributed by atoms with Crippen LogP contribution in [-0.2, 0) is 6.61 Å². The zero-order valence-electron chi connectivity index (χ0n) is 8.98. The van der Waals surface area contributed by atoms with Crippen LogP contribution < -0.4 is 4.74 Å². The predicted molar refractivity (Wildman–Crippen MR) is 59.8 cm³/mol. The molecule has 0 bridgehead atoms. The molecule has 0 aliphatic heterocycles. The van der Waals surface area contributed by atoms with Crippen LogP contribution in [0.15, 0.2) is 24.3 Å². The van der Waals surface area contributed by atoms with Crippen LogP contribution in [0, 0.1) is 5.92 Å². The lowest BCUT2D eigenvalue weighted by Crippen LogP contribution is -2.07. The summed E-state index contributed by atoms with van der Waals surface area (Å²) in [6.07, 6.45) is 5.35. The highest BCUT2D eigenvalue weighted by Gasteiger charge is 2.15. The molecule has 82 valence electrons. The van der Waals surface area contributed by atoms with E-state index in [4.69, 9.17) is 9.84 Å². The second-order valence-electron chi connectivity index (χ2n) is 4.26. The molecule has 0 amide bonds. The van der Waals surface area contributed by atoms with Gasteiger partial charge in [-0.1, -0.05) is 25.0 Å². The van der Waals surface area contributed by atoms with Crippen LogP contribution >= 0.6 is 0 Å². The van der Waals surface area contributed by atoms with Gasteiger partial charge in [-0.05, 0) is 36.5 Å². The van der Waals surface area contributed by atoms with Gasteiger partial charge in [-0.3, -0.25) is 0 Å². The lowest BCUT2D eigenvalue weighted by molar-refractivity contribution is 0.251. The Morgan fingerprint density at radius 3 is 2.40 bits per heavy atom. The van der Waals surface area contributed by atoms with Crippen molar-refractivity contribution in [3.8, 4) is 5.75 Å². The normalized spacial score (nSPS) is 16.9. The molecule has 1 aromatic rings. The average molecular weight is 206 g/mol. The van der Waals surface area contributed by atoms with Gasteiger partial charge in [0.15, 0.2) is 0 Å². The van der Waals surface area contributed by atoms with Gasteiger partial charge in [0.2, 0.25) is 0 Å². The maximum atomic E-state index is 8.89. The number of rotatable bonds is 4. The molecule has 1 aliphatic carbocycles. The lowest BCUT2D eigenvalue weighted by Gasteiger charge is -2.11. The van der Waals surface area contributed by atoms with Crippen molar-refractivity contribution < 1.29 is 9.84 Å². The Bertz CT molecular complexity index is 286. The summed E-state index contributed by atoms with van der Waals surface area (Å²) in [5.74, 6) is 1.67. The summed E-state index contributed by atoms with van der Waals surface area (Å²) >= 11 is 0. The zero-order chi connectivity index (χ0) is 10.5. The molecule has 1 aliphatic rings. The largest absolute Gasteiger partial charge is 0.493 e. The van der Waals surface area contributed by atoms with Crippen LogP contribution in [0.5, 0.6) is 5.75 Å². The van der Waals surface area contributed by atoms with E-state index in [1.807, 2.05) is 24.3 Å². The molecule has 15 heavy (non-hydrogen) atoms. The smallest absolute Gasteiger partial charge is 0.119 e. The van der Waals surface area contributed by atoms with Crippen molar-refractivity contribution in [3.63, 3.8) is 0 Å². The lowest BCUT2D eigenvalue weighted by atomic mass is 10.1. The van der Waals surface area contributed by atoms with Gasteiger partial charge in [0.1, 0.15) is 5.75 Å². The molecule has 1 fully saturated rings. The minimum atomic E-state index is 0.100. The van der Waals surface area contributed by atoms with Crippen LogP contribution in [0.25, 0.3) is 0 Å². The van der Waals surface area contributed by atoms with Gasteiger partial charge < -0.3 is 9.84 Å². The summed E-state index contributed by atoms with van der Waals surface area (Å²) in [5.41, 5.74) is 0.934. The Labute approximate surface area is 90.9 Å². The Hall–Kier alpha value is -1.02. The highest BCUT2D eigenvalue weighted by molar-refractivity contribution is 5.26. The Balaban J connectivity index is 1.82. The molecule has 0 saturated heterocycles. The van der Waals surface area contributed by atoms with Gasteiger partial charge in [0, 0.05) is 0 Å². The molecular weight excluding hydrogens is 188 g/mol. The number of ether oxygens (including phenoxy) is 1. The fourth-order valence-electron chi connectivity index (χ4n) is 2.08. The summed E-state index contributed by atoms with van der Waals surface area (Å²) < 4.78 is 5.71. The molecule has 0 unspecified atom stereocenters. The quantitative estimate of drug-likeness (QED) is 0.820. The summed E-state index contributed by atoms with van der Waals surface area (Å²) in [4.78, 5) is 0. The van der Waals surface area contributed by atoms with Gasteiger partial charge in [-0.2, -0.15) is 0 Å². The maximum Gasteiger partial charge on any atom is 0.119 e. The Morgan fingerprint density at radius 1 is 1.13 bits per heavy atom. The number of aliphatic hydroxyl groups excluding tert-OH is 1. The average Bonchev–Trinajstić information content (AvgIpc) is 2.80. The highest BCUT2D eigenvalue weighted by atomic mass is 16.5. The second kappa shape index (κ2) is 5.17. The molecule has 2 heteroatoms. The number of aliphatic hydroxyl groups is 1. The van der Waals surface area contributed by atoms with E-state index in [0.29, 0.717) is 0 Å². The van der Waals surface area contributed by atoms with Crippen molar-refractivity contribution in [1.82, 2.24) is 0 Å². The van der Waals surface area contributed by atoms with E-state index in [9.17, 15) is 0 Å². The Kier molecular flexibility index (Phi) is 3.62. The SMILES string of the molecule is OCc1ccc(OCC2CCCC2)cc1. The van der Waals surface area contributed by atoms with Gasteiger partial charge in [0.25, 0.3) is 0 Å². The van der Waals surface area contributed by atoms with Crippen LogP contribution in [0.3, 0.4) is 0 Å². The van der Waals surface area contributed by atoms with Crippen molar-refractivity contribution in [2.24, 2.45) is 5.92 Å².